The summed E-state index contributed by atoms with van der Waals surface area (Å²) in [6.07, 6.45) is 4.64. The molecule has 90 valence electrons. The first-order valence-corrected chi connectivity index (χ1v) is 6.76. The van der Waals surface area contributed by atoms with E-state index >= 15 is 0 Å². The number of hydrogen-bond acceptors (Lipinski definition) is 1. The molecule has 0 spiro atoms. The Hall–Kier alpha value is -0.300. The lowest BCUT2D eigenvalue weighted by Crippen LogP contribution is -2.34. The molecule has 0 bridgehead atoms. The van der Waals surface area contributed by atoms with E-state index in [-0.39, 0.29) is 0 Å². The molecule has 5 atom stereocenters. The molecule has 3 rings (SSSR count). The Morgan fingerprint density at radius 2 is 1.88 bits per heavy atom. The molecule has 0 radical (unpaired) electrons. The summed E-state index contributed by atoms with van der Waals surface area (Å²) in [5.74, 6) is 2.67. The van der Waals surface area contributed by atoms with Crippen molar-refractivity contribution in [3.05, 3.63) is 12.2 Å². The van der Waals surface area contributed by atoms with Crippen LogP contribution in [0.1, 0.15) is 46.5 Å². The highest BCUT2D eigenvalue weighted by Gasteiger charge is 2.67. The van der Waals surface area contributed by atoms with Crippen LogP contribution in [0.4, 0.5) is 0 Å². The molecular formula is C15H24O. The molecule has 1 heteroatoms. The van der Waals surface area contributed by atoms with Gasteiger partial charge in [-0.2, -0.15) is 0 Å². The van der Waals surface area contributed by atoms with E-state index < -0.39 is 5.60 Å². The average molecular weight is 220 g/mol. The topological polar surface area (TPSA) is 20.2 Å². The van der Waals surface area contributed by atoms with E-state index in [1.807, 2.05) is 0 Å². The number of rotatable bonds is 0. The standard InChI is InChI=1S/C15H24O/c1-9-5-6-11-13(14(11,2)3)12-10(9)7-8-15(12,4)16/h10-13,16H,1,5-8H2,2-4H3/t10-,11+,12-,13-,15-/m0/s1. The van der Waals surface area contributed by atoms with Crippen LogP contribution in [0.15, 0.2) is 12.2 Å². The molecule has 3 fully saturated rings. The summed E-state index contributed by atoms with van der Waals surface area (Å²) in [5.41, 5.74) is 1.46. The minimum absolute atomic E-state index is 0.436. The van der Waals surface area contributed by atoms with Crippen LogP contribution in [0.3, 0.4) is 0 Å². The molecular weight excluding hydrogens is 196 g/mol. The fourth-order valence-corrected chi connectivity index (χ4v) is 4.90. The highest BCUT2D eigenvalue weighted by molar-refractivity contribution is 5.22. The third-order valence-corrected chi connectivity index (χ3v) is 5.94. The fraction of sp³-hybridized carbons (Fsp3) is 0.867. The first-order chi connectivity index (χ1) is 7.36. The molecule has 0 aromatic heterocycles. The molecule has 0 aromatic carbocycles. The van der Waals surface area contributed by atoms with Crippen molar-refractivity contribution in [2.75, 3.05) is 0 Å². The van der Waals surface area contributed by atoms with Crippen molar-refractivity contribution in [2.45, 2.75) is 52.1 Å². The van der Waals surface area contributed by atoms with Crippen molar-refractivity contribution in [2.24, 2.45) is 29.1 Å². The van der Waals surface area contributed by atoms with Crippen molar-refractivity contribution >= 4 is 0 Å². The van der Waals surface area contributed by atoms with Crippen LogP contribution < -0.4 is 0 Å². The number of fused-ring (bicyclic) bond motifs is 3. The van der Waals surface area contributed by atoms with Gasteiger partial charge in [0, 0.05) is 0 Å². The minimum atomic E-state index is -0.436. The van der Waals surface area contributed by atoms with Gasteiger partial charge < -0.3 is 5.11 Å². The van der Waals surface area contributed by atoms with Gasteiger partial charge in [0.05, 0.1) is 5.60 Å². The van der Waals surface area contributed by atoms with Crippen molar-refractivity contribution in [3.8, 4) is 0 Å². The Kier molecular flexibility index (Phi) is 1.98. The lowest BCUT2D eigenvalue weighted by atomic mass is 9.78. The van der Waals surface area contributed by atoms with Crippen molar-refractivity contribution < 1.29 is 5.11 Å². The first kappa shape index (κ1) is 10.8. The zero-order valence-electron chi connectivity index (χ0n) is 10.8. The molecule has 3 saturated carbocycles. The van der Waals surface area contributed by atoms with Crippen molar-refractivity contribution in [1.82, 2.24) is 0 Å². The maximum atomic E-state index is 10.6. The summed E-state index contributed by atoms with van der Waals surface area (Å²) in [6, 6.07) is 0. The van der Waals surface area contributed by atoms with Gasteiger partial charge in [0.2, 0.25) is 0 Å². The minimum Gasteiger partial charge on any atom is -0.390 e. The molecule has 0 heterocycles. The van der Waals surface area contributed by atoms with Gasteiger partial charge in [-0.25, -0.2) is 0 Å². The predicted molar refractivity (Wildman–Crippen MR) is 66.0 cm³/mol. The average Bonchev–Trinajstić information content (AvgIpc) is 2.61. The SMILES string of the molecule is C=C1CC[C@@H]2[C@@H]([C@@H]3[C@H]1CC[C@]3(C)O)C2(C)C. The second kappa shape index (κ2) is 2.93. The number of aliphatic hydroxyl groups is 1. The maximum Gasteiger partial charge on any atom is 0.0656 e. The van der Waals surface area contributed by atoms with Gasteiger partial charge >= 0.3 is 0 Å². The summed E-state index contributed by atoms with van der Waals surface area (Å²) in [7, 11) is 0. The number of hydrogen-bond donors (Lipinski definition) is 1. The van der Waals surface area contributed by atoms with Crippen LogP contribution in [0.5, 0.6) is 0 Å². The normalized spacial score (nSPS) is 54.1. The molecule has 0 aromatic rings. The molecule has 3 aliphatic carbocycles. The van der Waals surface area contributed by atoms with Gasteiger partial charge in [-0.3, -0.25) is 0 Å². The van der Waals surface area contributed by atoms with Crippen LogP contribution in [-0.2, 0) is 0 Å². The first-order valence-electron chi connectivity index (χ1n) is 6.76. The Labute approximate surface area is 98.9 Å². The largest absolute Gasteiger partial charge is 0.390 e. The lowest BCUT2D eigenvalue weighted by molar-refractivity contribution is -0.00137. The van der Waals surface area contributed by atoms with Crippen molar-refractivity contribution in [3.63, 3.8) is 0 Å². The Balaban J connectivity index is 1.98. The molecule has 0 amide bonds. The summed E-state index contributed by atoms with van der Waals surface area (Å²) >= 11 is 0. The van der Waals surface area contributed by atoms with Gasteiger partial charge in [-0.15, -0.1) is 0 Å². The van der Waals surface area contributed by atoms with E-state index in [1.54, 1.807) is 0 Å². The Morgan fingerprint density at radius 1 is 1.19 bits per heavy atom. The molecule has 0 unspecified atom stereocenters. The van der Waals surface area contributed by atoms with E-state index in [1.165, 1.54) is 18.4 Å². The lowest BCUT2D eigenvalue weighted by Gasteiger charge is -2.31. The van der Waals surface area contributed by atoms with Crippen LogP contribution in [0, 0.1) is 29.1 Å². The van der Waals surface area contributed by atoms with E-state index in [9.17, 15) is 5.11 Å². The smallest absolute Gasteiger partial charge is 0.0656 e. The Bertz CT molecular complexity index is 339. The van der Waals surface area contributed by atoms with E-state index in [2.05, 4.69) is 27.4 Å². The summed E-state index contributed by atoms with van der Waals surface area (Å²) in [6.45, 7) is 11.1. The van der Waals surface area contributed by atoms with Gasteiger partial charge in [0.25, 0.3) is 0 Å². The third kappa shape index (κ3) is 1.21. The van der Waals surface area contributed by atoms with Gasteiger partial charge in [0.1, 0.15) is 0 Å². The fourth-order valence-electron chi connectivity index (χ4n) is 4.90. The molecule has 3 aliphatic rings. The summed E-state index contributed by atoms with van der Waals surface area (Å²) < 4.78 is 0. The monoisotopic (exact) mass is 220 g/mol. The zero-order chi connectivity index (χ0) is 11.7. The second-order valence-electron chi connectivity index (χ2n) is 7.18. The van der Waals surface area contributed by atoms with Gasteiger partial charge in [0.15, 0.2) is 0 Å². The molecule has 0 aliphatic heterocycles. The van der Waals surface area contributed by atoms with Crippen LogP contribution >= 0.6 is 0 Å². The zero-order valence-corrected chi connectivity index (χ0v) is 10.8. The quantitative estimate of drug-likeness (QED) is 0.620. The van der Waals surface area contributed by atoms with Crippen LogP contribution in [-0.4, -0.2) is 10.7 Å². The third-order valence-electron chi connectivity index (χ3n) is 5.94. The molecule has 1 nitrogen and oxygen atoms in total. The summed E-state index contributed by atoms with van der Waals surface area (Å²) in [5, 5.41) is 10.6. The van der Waals surface area contributed by atoms with Crippen LogP contribution in [0.2, 0.25) is 0 Å². The number of allylic oxidation sites excluding steroid dienone is 1. The molecule has 16 heavy (non-hydrogen) atoms. The van der Waals surface area contributed by atoms with E-state index in [0.717, 1.165) is 24.7 Å². The predicted octanol–water partition coefficient (Wildman–Crippen LogP) is 3.39. The Morgan fingerprint density at radius 3 is 2.56 bits per heavy atom. The second-order valence-corrected chi connectivity index (χ2v) is 7.18. The van der Waals surface area contributed by atoms with E-state index in [0.29, 0.717) is 17.3 Å². The van der Waals surface area contributed by atoms with Crippen LogP contribution in [0.25, 0.3) is 0 Å². The van der Waals surface area contributed by atoms with Crippen molar-refractivity contribution in [1.29, 1.82) is 0 Å². The molecule has 1 N–H and O–H groups in total. The maximum absolute atomic E-state index is 10.6. The molecule has 0 saturated heterocycles. The van der Waals surface area contributed by atoms with Gasteiger partial charge in [-0.05, 0) is 61.7 Å². The van der Waals surface area contributed by atoms with Gasteiger partial charge in [-0.1, -0.05) is 26.0 Å². The summed E-state index contributed by atoms with van der Waals surface area (Å²) in [4.78, 5) is 0. The highest BCUT2D eigenvalue weighted by Crippen LogP contribution is 2.71. The highest BCUT2D eigenvalue weighted by atomic mass is 16.3. The van der Waals surface area contributed by atoms with E-state index in [4.69, 9.17) is 0 Å².